The van der Waals surface area contributed by atoms with Crippen molar-refractivity contribution in [3.05, 3.63) is 43.9 Å². The molecule has 0 amide bonds. The summed E-state index contributed by atoms with van der Waals surface area (Å²) in [4.78, 5) is 5.74. The molecule has 1 atom stereocenters. The van der Waals surface area contributed by atoms with Gasteiger partial charge in [0, 0.05) is 9.81 Å². The first-order valence-electron chi connectivity index (χ1n) is 5.28. The quantitative estimate of drug-likeness (QED) is 0.622. The van der Waals surface area contributed by atoms with Gasteiger partial charge in [-0.05, 0) is 36.0 Å². The van der Waals surface area contributed by atoms with E-state index in [1.54, 1.807) is 0 Å². The number of allylic oxidation sites excluding steroid dienone is 6. The van der Waals surface area contributed by atoms with Gasteiger partial charge in [0.25, 0.3) is 0 Å². The molecule has 0 saturated carbocycles. The molecule has 0 bridgehead atoms. The lowest BCUT2D eigenvalue weighted by atomic mass is 10.1. The van der Waals surface area contributed by atoms with E-state index in [2.05, 4.69) is 45.1 Å². The molecule has 0 spiro atoms. The highest BCUT2D eigenvalue weighted by atomic mass is 32.2. The Balaban J connectivity index is 2.15. The summed E-state index contributed by atoms with van der Waals surface area (Å²) in [5.74, 6) is 0.578. The summed E-state index contributed by atoms with van der Waals surface area (Å²) < 4.78 is 0. The first-order chi connectivity index (χ1) is 7.15. The first-order valence-corrected chi connectivity index (χ1v) is 6.91. The molecule has 2 heteroatoms. The highest BCUT2D eigenvalue weighted by Gasteiger charge is 2.15. The van der Waals surface area contributed by atoms with Crippen LogP contribution in [-0.4, -0.2) is 0 Å². The average molecular weight is 236 g/mol. The normalized spacial score (nSPS) is 26.5. The van der Waals surface area contributed by atoms with E-state index in [1.165, 1.54) is 19.6 Å². The van der Waals surface area contributed by atoms with Gasteiger partial charge < -0.3 is 0 Å². The van der Waals surface area contributed by atoms with Gasteiger partial charge in [0.1, 0.15) is 0 Å². The second-order valence-electron chi connectivity index (χ2n) is 3.99. The monoisotopic (exact) mass is 236 g/mol. The van der Waals surface area contributed by atoms with E-state index in [-0.39, 0.29) is 0 Å². The maximum Gasteiger partial charge on any atom is 0.0221 e. The van der Waals surface area contributed by atoms with Crippen molar-refractivity contribution in [1.29, 1.82) is 0 Å². The van der Waals surface area contributed by atoms with Gasteiger partial charge in [-0.2, -0.15) is 0 Å². The van der Waals surface area contributed by atoms with Crippen LogP contribution < -0.4 is 0 Å². The fourth-order valence-corrected chi connectivity index (χ4v) is 3.99. The maximum absolute atomic E-state index is 2.37. The Hall–Kier alpha value is -0.340. The molecule has 0 radical (unpaired) electrons. The highest BCUT2D eigenvalue weighted by Crippen LogP contribution is 2.44. The van der Waals surface area contributed by atoms with E-state index in [0.29, 0.717) is 5.92 Å². The highest BCUT2D eigenvalue weighted by molar-refractivity contribution is 8.11. The molecule has 0 nitrogen and oxygen atoms in total. The van der Waals surface area contributed by atoms with E-state index < -0.39 is 0 Å². The largest absolute Gasteiger partial charge is 0.0943 e. The number of hydrogen-bond donors (Lipinski definition) is 0. The smallest absolute Gasteiger partial charge is 0.0221 e. The second kappa shape index (κ2) is 4.67. The predicted octanol–water partition coefficient (Wildman–Crippen LogP) is 5.08. The summed E-state index contributed by atoms with van der Waals surface area (Å²) in [5, 5.41) is 0. The minimum absolute atomic E-state index is 0.578. The third kappa shape index (κ3) is 2.82. The van der Waals surface area contributed by atoms with E-state index in [9.17, 15) is 0 Å². The molecule has 15 heavy (non-hydrogen) atoms. The van der Waals surface area contributed by atoms with Gasteiger partial charge in [-0.15, -0.1) is 0 Å². The predicted molar refractivity (Wildman–Crippen MR) is 72.6 cm³/mol. The van der Waals surface area contributed by atoms with Crippen molar-refractivity contribution in [1.82, 2.24) is 0 Å². The van der Waals surface area contributed by atoms with Crippen molar-refractivity contribution in [2.45, 2.75) is 27.2 Å². The Morgan fingerprint density at radius 1 is 1.00 bits per heavy atom. The molecule has 2 heterocycles. The lowest BCUT2D eigenvalue weighted by molar-refractivity contribution is 0.928. The van der Waals surface area contributed by atoms with Crippen LogP contribution in [0.4, 0.5) is 0 Å². The zero-order chi connectivity index (χ0) is 10.8. The Morgan fingerprint density at radius 3 is 2.40 bits per heavy atom. The molecule has 0 aromatic heterocycles. The van der Waals surface area contributed by atoms with Crippen molar-refractivity contribution in [3.8, 4) is 0 Å². The molecule has 2 aliphatic rings. The molecule has 2 aliphatic heterocycles. The summed E-state index contributed by atoms with van der Waals surface area (Å²) in [6.07, 6.45) is 10.4. The molecule has 0 aliphatic carbocycles. The van der Waals surface area contributed by atoms with Crippen LogP contribution in [0, 0.1) is 5.92 Å². The minimum Gasteiger partial charge on any atom is -0.0943 e. The van der Waals surface area contributed by atoms with Crippen LogP contribution >= 0.6 is 23.5 Å². The van der Waals surface area contributed by atoms with Crippen LogP contribution in [0.25, 0.3) is 0 Å². The minimum atomic E-state index is 0.578. The molecule has 2 rings (SSSR count). The number of rotatable bonds is 1. The van der Waals surface area contributed by atoms with E-state index in [0.717, 1.165) is 6.42 Å². The second-order valence-corrected chi connectivity index (χ2v) is 6.57. The fourth-order valence-electron chi connectivity index (χ4n) is 1.77. The van der Waals surface area contributed by atoms with Crippen LogP contribution in [0.1, 0.15) is 27.2 Å². The van der Waals surface area contributed by atoms with Gasteiger partial charge >= 0.3 is 0 Å². The maximum atomic E-state index is 2.37. The third-order valence-electron chi connectivity index (χ3n) is 2.41. The van der Waals surface area contributed by atoms with E-state index in [4.69, 9.17) is 0 Å². The van der Waals surface area contributed by atoms with Crippen LogP contribution in [-0.2, 0) is 0 Å². The molecule has 0 fully saturated rings. The molecule has 0 saturated heterocycles. The van der Waals surface area contributed by atoms with Crippen LogP contribution in [0.15, 0.2) is 43.9 Å². The molecule has 0 aromatic carbocycles. The van der Waals surface area contributed by atoms with E-state index >= 15 is 0 Å². The Morgan fingerprint density at radius 2 is 1.73 bits per heavy atom. The standard InChI is InChI=1S/C13H16S2/c1-9-7-11(3)15-13(8-9)12-6-4-5-10(2)14-12/h5-9H,4H2,1-3H3. The first kappa shape index (κ1) is 11.2. The van der Waals surface area contributed by atoms with Gasteiger partial charge in [-0.3, -0.25) is 0 Å². The average Bonchev–Trinajstić information content (AvgIpc) is 2.16. The fraction of sp³-hybridized carbons (Fsp3) is 0.385. The number of hydrogen-bond acceptors (Lipinski definition) is 2. The third-order valence-corrected chi connectivity index (χ3v) is 4.66. The van der Waals surface area contributed by atoms with Crippen molar-refractivity contribution in [3.63, 3.8) is 0 Å². The number of thioether (sulfide) groups is 2. The molecule has 1 unspecified atom stereocenters. The Labute approximate surface area is 101 Å². The molecular weight excluding hydrogens is 220 g/mol. The summed E-state index contributed by atoms with van der Waals surface area (Å²) in [5.41, 5.74) is 0. The summed E-state index contributed by atoms with van der Waals surface area (Å²) in [6.45, 7) is 6.64. The Kier molecular flexibility index (Phi) is 3.47. The van der Waals surface area contributed by atoms with Gasteiger partial charge in [-0.25, -0.2) is 0 Å². The van der Waals surface area contributed by atoms with Gasteiger partial charge in [0.2, 0.25) is 0 Å². The molecular formula is C13H16S2. The van der Waals surface area contributed by atoms with Crippen molar-refractivity contribution < 1.29 is 0 Å². The SMILES string of the molecule is CC1=CCC=C(C2=CC(C)C=C(C)S2)S1. The lowest BCUT2D eigenvalue weighted by Crippen LogP contribution is -1.96. The molecule has 80 valence electrons. The van der Waals surface area contributed by atoms with Gasteiger partial charge in [0.15, 0.2) is 0 Å². The van der Waals surface area contributed by atoms with Crippen molar-refractivity contribution in [2.24, 2.45) is 5.92 Å². The topological polar surface area (TPSA) is 0 Å². The van der Waals surface area contributed by atoms with Gasteiger partial charge in [0.05, 0.1) is 0 Å². The summed E-state index contributed by atoms with van der Waals surface area (Å²) in [7, 11) is 0. The van der Waals surface area contributed by atoms with E-state index in [1.807, 2.05) is 23.5 Å². The Bertz CT molecular complexity index is 383. The van der Waals surface area contributed by atoms with Crippen LogP contribution in [0.5, 0.6) is 0 Å². The zero-order valence-electron chi connectivity index (χ0n) is 9.41. The summed E-state index contributed by atoms with van der Waals surface area (Å²) >= 11 is 3.81. The van der Waals surface area contributed by atoms with Crippen molar-refractivity contribution in [2.75, 3.05) is 0 Å². The molecule has 0 N–H and O–H groups in total. The molecule has 0 aromatic rings. The van der Waals surface area contributed by atoms with Gasteiger partial charge in [-0.1, -0.05) is 54.8 Å². The van der Waals surface area contributed by atoms with Crippen LogP contribution in [0.2, 0.25) is 0 Å². The lowest BCUT2D eigenvalue weighted by Gasteiger charge is -2.20. The van der Waals surface area contributed by atoms with Crippen LogP contribution in [0.3, 0.4) is 0 Å². The zero-order valence-corrected chi connectivity index (χ0v) is 11.0. The summed E-state index contributed by atoms with van der Waals surface area (Å²) in [6, 6.07) is 0. The van der Waals surface area contributed by atoms with Crippen molar-refractivity contribution >= 4 is 23.5 Å².